The number of nitrogens with two attached hydrogens (primary N) is 1. The van der Waals surface area contributed by atoms with Gasteiger partial charge >= 0.3 is 12.5 Å². The maximum absolute atomic E-state index is 12.9. The Balaban J connectivity index is 0.00000361. The zero-order chi connectivity index (χ0) is 14.6. The molecule has 1 atom stereocenters. The van der Waals surface area contributed by atoms with Crippen LogP contribution in [0.2, 0.25) is 0 Å². The van der Waals surface area contributed by atoms with E-state index in [9.17, 15) is 17.6 Å². The van der Waals surface area contributed by atoms with Gasteiger partial charge in [-0.3, -0.25) is 0 Å². The molecular formula is C13H16ClF4NO. The molecule has 0 aliphatic heterocycles. The molecule has 0 bridgehead atoms. The Hall–Kier alpha value is -1.27. The van der Waals surface area contributed by atoms with Crippen LogP contribution in [0, 0.1) is 0 Å². The predicted molar refractivity (Wildman–Crippen MR) is 71.6 cm³/mol. The third-order valence-corrected chi connectivity index (χ3v) is 2.39. The highest BCUT2D eigenvalue weighted by Gasteiger charge is 2.44. The van der Waals surface area contributed by atoms with Gasteiger partial charge in [-0.2, -0.15) is 17.6 Å². The summed E-state index contributed by atoms with van der Waals surface area (Å²) in [5.74, 6) is -0.346. The zero-order valence-corrected chi connectivity index (χ0v) is 11.6. The van der Waals surface area contributed by atoms with E-state index in [0.29, 0.717) is 6.42 Å². The number of halogens is 5. The van der Waals surface area contributed by atoms with Crippen molar-refractivity contribution < 1.29 is 22.3 Å². The maximum atomic E-state index is 12.9. The quantitative estimate of drug-likeness (QED) is 0.627. The molecule has 0 radical (unpaired) electrons. The highest BCUT2D eigenvalue weighted by atomic mass is 35.5. The summed E-state index contributed by atoms with van der Waals surface area (Å²) in [7, 11) is 0. The first-order valence-corrected chi connectivity index (χ1v) is 5.58. The second-order valence-electron chi connectivity index (χ2n) is 4.27. The molecule has 0 aliphatic carbocycles. The van der Waals surface area contributed by atoms with E-state index >= 15 is 0 Å². The van der Waals surface area contributed by atoms with E-state index in [4.69, 9.17) is 5.73 Å². The van der Waals surface area contributed by atoms with Gasteiger partial charge in [-0.25, -0.2) is 0 Å². The average molecular weight is 314 g/mol. The number of rotatable bonds is 6. The highest BCUT2D eigenvalue weighted by molar-refractivity contribution is 5.85. The summed E-state index contributed by atoms with van der Waals surface area (Å²) in [5, 5.41) is 0. The van der Waals surface area contributed by atoms with Crippen molar-refractivity contribution in [1.82, 2.24) is 0 Å². The molecule has 0 spiro atoms. The molecule has 20 heavy (non-hydrogen) atoms. The first kappa shape index (κ1) is 18.7. The largest absolute Gasteiger partial charge is 0.461 e. The minimum Gasteiger partial charge on any atom is -0.428 e. The molecule has 1 aromatic rings. The van der Waals surface area contributed by atoms with Crippen molar-refractivity contribution in [2.75, 3.05) is 0 Å². The summed E-state index contributed by atoms with van der Waals surface area (Å²) in [5.41, 5.74) is 6.81. The van der Waals surface area contributed by atoms with Crippen LogP contribution in [0.5, 0.6) is 5.75 Å². The molecule has 0 amide bonds. The summed E-state index contributed by atoms with van der Waals surface area (Å²) in [6.07, 6.45) is -8.10. The van der Waals surface area contributed by atoms with Crippen molar-refractivity contribution >= 4 is 12.4 Å². The Morgan fingerprint density at radius 1 is 1.35 bits per heavy atom. The van der Waals surface area contributed by atoms with Gasteiger partial charge in [-0.05, 0) is 19.4 Å². The van der Waals surface area contributed by atoms with Crippen molar-refractivity contribution in [2.45, 2.75) is 31.9 Å². The molecule has 0 aliphatic rings. The van der Waals surface area contributed by atoms with Crippen LogP contribution >= 0.6 is 12.4 Å². The molecule has 0 fully saturated rings. The van der Waals surface area contributed by atoms with E-state index in [0.717, 1.165) is 5.57 Å². The predicted octanol–water partition coefficient (Wildman–Crippen LogP) is 4.31. The van der Waals surface area contributed by atoms with Gasteiger partial charge < -0.3 is 10.5 Å². The van der Waals surface area contributed by atoms with Crippen LogP contribution < -0.4 is 10.5 Å². The van der Waals surface area contributed by atoms with Gasteiger partial charge in [-0.15, -0.1) is 19.0 Å². The second-order valence-corrected chi connectivity index (χ2v) is 4.27. The zero-order valence-electron chi connectivity index (χ0n) is 10.8. The molecule has 7 heteroatoms. The SMILES string of the molecule is C=C(C)C[C@H](N)c1ccccc1OC(F)(F)C(F)F.Cl. The van der Waals surface area contributed by atoms with Gasteiger partial charge in [0, 0.05) is 11.6 Å². The normalized spacial score (nSPS) is 12.8. The monoisotopic (exact) mass is 313 g/mol. The number of ether oxygens (including phenoxy) is 1. The third-order valence-electron chi connectivity index (χ3n) is 2.39. The molecule has 2 nitrogen and oxygen atoms in total. The smallest absolute Gasteiger partial charge is 0.428 e. The fourth-order valence-electron chi connectivity index (χ4n) is 1.56. The Morgan fingerprint density at radius 3 is 2.40 bits per heavy atom. The number of hydrogen-bond donors (Lipinski definition) is 1. The van der Waals surface area contributed by atoms with Crippen molar-refractivity contribution in [1.29, 1.82) is 0 Å². The number of benzene rings is 1. The summed E-state index contributed by atoms with van der Waals surface area (Å²) in [6.45, 7) is 5.40. The van der Waals surface area contributed by atoms with E-state index in [-0.39, 0.29) is 23.7 Å². The number of hydrogen-bond acceptors (Lipinski definition) is 2. The van der Waals surface area contributed by atoms with Crippen molar-refractivity contribution in [3.8, 4) is 5.75 Å². The van der Waals surface area contributed by atoms with Crippen LogP contribution in [0.3, 0.4) is 0 Å². The first-order chi connectivity index (χ1) is 8.74. The second kappa shape index (κ2) is 7.50. The molecule has 0 unspecified atom stereocenters. The van der Waals surface area contributed by atoms with Crippen molar-refractivity contribution in [3.63, 3.8) is 0 Å². The Morgan fingerprint density at radius 2 is 1.90 bits per heavy atom. The lowest BCUT2D eigenvalue weighted by atomic mass is 10.0. The van der Waals surface area contributed by atoms with Gasteiger partial charge in [0.2, 0.25) is 0 Å². The van der Waals surface area contributed by atoms with E-state index < -0.39 is 18.6 Å². The van der Waals surface area contributed by atoms with Crippen LogP contribution in [0.15, 0.2) is 36.4 Å². The summed E-state index contributed by atoms with van der Waals surface area (Å²) < 4.78 is 54.2. The third kappa shape index (κ3) is 5.02. The van der Waals surface area contributed by atoms with Crippen molar-refractivity contribution in [2.24, 2.45) is 5.73 Å². The average Bonchev–Trinajstić information content (AvgIpc) is 2.27. The lowest BCUT2D eigenvalue weighted by Gasteiger charge is -2.21. The Labute approximate surface area is 121 Å². The van der Waals surface area contributed by atoms with E-state index in [1.54, 1.807) is 13.0 Å². The first-order valence-electron chi connectivity index (χ1n) is 5.58. The van der Waals surface area contributed by atoms with Gasteiger partial charge in [0.1, 0.15) is 5.75 Å². The highest BCUT2D eigenvalue weighted by Crippen LogP contribution is 2.33. The van der Waals surface area contributed by atoms with Crippen LogP contribution in [-0.4, -0.2) is 12.5 Å². The van der Waals surface area contributed by atoms with Crippen LogP contribution in [-0.2, 0) is 0 Å². The van der Waals surface area contributed by atoms with Gasteiger partial charge in [0.25, 0.3) is 0 Å². The molecule has 0 saturated heterocycles. The molecule has 0 aromatic heterocycles. The van der Waals surface area contributed by atoms with Gasteiger partial charge in [0.15, 0.2) is 0 Å². The minimum atomic E-state index is -4.54. The molecular weight excluding hydrogens is 298 g/mol. The Bertz CT molecular complexity index is 454. The fraction of sp³-hybridized carbons (Fsp3) is 0.385. The maximum Gasteiger partial charge on any atom is 0.461 e. The molecule has 0 heterocycles. The summed E-state index contributed by atoms with van der Waals surface area (Å²) in [4.78, 5) is 0. The molecule has 2 N–H and O–H groups in total. The van der Waals surface area contributed by atoms with Crippen LogP contribution in [0.25, 0.3) is 0 Å². The van der Waals surface area contributed by atoms with Gasteiger partial charge in [-0.1, -0.05) is 23.8 Å². The lowest BCUT2D eigenvalue weighted by molar-refractivity contribution is -0.253. The molecule has 1 rings (SSSR count). The number of alkyl halides is 4. The lowest BCUT2D eigenvalue weighted by Crippen LogP contribution is -2.34. The topological polar surface area (TPSA) is 35.2 Å². The Kier molecular flexibility index (Phi) is 7.02. The van der Waals surface area contributed by atoms with E-state index in [1.165, 1.54) is 18.2 Å². The van der Waals surface area contributed by atoms with Gasteiger partial charge in [0.05, 0.1) is 0 Å². The standard InChI is InChI=1S/C13H15F4NO.ClH/c1-8(2)7-10(18)9-5-3-4-6-11(9)19-13(16,17)12(14)15;/h3-6,10,12H,1,7,18H2,2H3;1H/t10-;/m0./s1. The summed E-state index contributed by atoms with van der Waals surface area (Å²) in [6, 6.07) is 4.99. The van der Waals surface area contributed by atoms with Crippen LogP contribution in [0.1, 0.15) is 24.9 Å². The fourth-order valence-corrected chi connectivity index (χ4v) is 1.56. The number of para-hydroxylation sites is 1. The van der Waals surface area contributed by atoms with E-state index in [2.05, 4.69) is 11.3 Å². The van der Waals surface area contributed by atoms with Crippen LogP contribution in [0.4, 0.5) is 17.6 Å². The molecule has 114 valence electrons. The molecule has 1 aromatic carbocycles. The van der Waals surface area contributed by atoms with Crippen molar-refractivity contribution in [3.05, 3.63) is 42.0 Å². The minimum absolute atomic E-state index is 0. The molecule has 0 saturated carbocycles. The van der Waals surface area contributed by atoms with E-state index in [1.807, 2.05) is 0 Å². The summed E-state index contributed by atoms with van der Waals surface area (Å²) >= 11 is 0.